The van der Waals surface area contributed by atoms with Gasteiger partial charge in [0.25, 0.3) is 0 Å². The van der Waals surface area contributed by atoms with E-state index in [-0.39, 0.29) is 11.4 Å². The fraction of sp³-hybridized carbons (Fsp3) is 0.364. The van der Waals surface area contributed by atoms with Crippen LogP contribution in [0.15, 0.2) is 23.0 Å². The Bertz CT molecular complexity index is 685. The Hall–Kier alpha value is -2.51. The lowest BCUT2D eigenvalue weighted by atomic mass is 9.77. The van der Waals surface area contributed by atoms with E-state index < -0.39 is 11.5 Å². The maximum absolute atomic E-state index is 11.5. The molecule has 3 rings (SSSR count). The molecule has 2 aromatic rings. The first kappa shape index (κ1) is 11.6. The third kappa shape index (κ3) is 1.64. The smallest absolute Gasteiger partial charge is 0.331 e. The Kier molecular flexibility index (Phi) is 2.44. The molecule has 19 heavy (non-hydrogen) atoms. The van der Waals surface area contributed by atoms with Gasteiger partial charge in [0.2, 0.25) is 5.56 Å². The summed E-state index contributed by atoms with van der Waals surface area (Å²) in [4.78, 5) is 25.4. The van der Waals surface area contributed by atoms with Crippen molar-refractivity contribution in [2.24, 2.45) is 0 Å². The average Bonchev–Trinajstić information content (AvgIpc) is 2.76. The van der Waals surface area contributed by atoms with Crippen molar-refractivity contribution in [2.45, 2.75) is 24.8 Å². The zero-order valence-corrected chi connectivity index (χ0v) is 9.91. The molecular formula is C11H11N5O3. The highest BCUT2D eigenvalue weighted by Gasteiger charge is 2.49. The molecule has 8 nitrogen and oxygen atoms in total. The zero-order valence-electron chi connectivity index (χ0n) is 9.91. The molecule has 0 aliphatic heterocycles. The number of hydrogen-bond acceptors (Lipinski definition) is 5. The third-order valence-corrected chi connectivity index (χ3v) is 3.46. The SMILES string of the molecule is O=C(O)C1(n2nnnc2-c2cccc(=O)[nH]2)CCC1. The number of rotatable bonds is 3. The molecule has 0 amide bonds. The van der Waals surface area contributed by atoms with Crippen molar-refractivity contribution in [1.82, 2.24) is 25.2 Å². The van der Waals surface area contributed by atoms with Crippen LogP contribution in [-0.2, 0) is 10.3 Å². The average molecular weight is 261 g/mol. The van der Waals surface area contributed by atoms with E-state index >= 15 is 0 Å². The number of carbonyl (C=O) groups is 1. The maximum atomic E-state index is 11.5. The Labute approximate surface area is 107 Å². The maximum Gasteiger partial charge on any atom is 0.331 e. The molecule has 8 heteroatoms. The summed E-state index contributed by atoms with van der Waals surface area (Å²) >= 11 is 0. The van der Waals surface area contributed by atoms with E-state index in [2.05, 4.69) is 20.5 Å². The number of aromatic amines is 1. The number of carboxylic acids is 1. The largest absolute Gasteiger partial charge is 0.479 e. The standard InChI is InChI=1S/C11H11N5O3/c17-8-4-1-3-7(12-8)9-13-14-15-16(9)11(10(18)19)5-2-6-11/h1,3-4H,2,5-6H2,(H,12,17)(H,18,19). The monoisotopic (exact) mass is 261 g/mol. The summed E-state index contributed by atoms with van der Waals surface area (Å²) in [5.41, 5.74) is -0.971. The van der Waals surface area contributed by atoms with Crippen LogP contribution < -0.4 is 5.56 Å². The van der Waals surface area contributed by atoms with Gasteiger partial charge in [0.1, 0.15) is 0 Å². The molecule has 1 aliphatic carbocycles. The van der Waals surface area contributed by atoms with Crippen molar-refractivity contribution >= 4 is 5.97 Å². The summed E-state index contributed by atoms with van der Waals surface area (Å²) in [5.74, 6) is -0.689. The second-order valence-corrected chi connectivity index (χ2v) is 4.53. The van der Waals surface area contributed by atoms with Crippen LogP contribution >= 0.6 is 0 Å². The summed E-state index contributed by atoms with van der Waals surface area (Å²) in [7, 11) is 0. The van der Waals surface area contributed by atoms with E-state index in [0.717, 1.165) is 6.42 Å². The van der Waals surface area contributed by atoms with Gasteiger partial charge in [-0.1, -0.05) is 6.07 Å². The third-order valence-electron chi connectivity index (χ3n) is 3.46. The first-order chi connectivity index (χ1) is 9.13. The van der Waals surface area contributed by atoms with Crippen molar-refractivity contribution in [3.63, 3.8) is 0 Å². The highest BCUT2D eigenvalue weighted by atomic mass is 16.4. The van der Waals surface area contributed by atoms with E-state index in [1.165, 1.54) is 10.7 Å². The fourth-order valence-electron chi connectivity index (χ4n) is 2.25. The van der Waals surface area contributed by atoms with E-state index in [0.29, 0.717) is 18.5 Å². The van der Waals surface area contributed by atoms with Crippen LogP contribution in [0.3, 0.4) is 0 Å². The first-order valence-corrected chi connectivity index (χ1v) is 5.85. The highest BCUT2D eigenvalue weighted by molar-refractivity contribution is 5.78. The molecule has 0 saturated heterocycles. The molecule has 0 atom stereocenters. The number of aliphatic carboxylic acids is 1. The lowest BCUT2D eigenvalue weighted by molar-refractivity contribution is -0.153. The quantitative estimate of drug-likeness (QED) is 0.803. The molecule has 0 aromatic carbocycles. The topological polar surface area (TPSA) is 114 Å². The van der Waals surface area contributed by atoms with Crippen LogP contribution in [0.5, 0.6) is 0 Å². The van der Waals surface area contributed by atoms with Crippen LogP contribution in [0, 0.1) is 0 Å². The van der Waals surface area contributed by atoms with Crippen LogP contribution in [0.1, 0.15) is 19.3 Å². The number of nitrogens with one attached hydrogen (secondary N) is 1. The van der Waals surface area contributed by atoms with Crippen LogP contribution in [0.2, 0.25) is 0 Å². The lowest BCUT2D eigenvalue weighted by Crippen LogP contribution is -2.48. The summed E-state index contributed by atoms with van der Waals surface area (Å²) in [6.45, 7) is 0. The van der Waals surface area contributed by atoms with Crippen molar-refractivity contribution in [2.75, 3.05) is 0 Å². The molecule has 1 fully saturated rings. The minimum absolute atomic E-state index is 0.264. The summed E-state index contributed by atoms with van der Waals surface area (Å²) in [6.07, 6.45) is 1.78. The fourth-order valence-corrected chi connectivity index (χ4v) is 2.25. The number of nitrogens with zero attached hydrogens (tertiary/aromatic N) is 4. The molecule has 0 spiro atoms. The van der Waals surface area contributed by atoms with Gasteiger partial charge < -0.3 is 10.1 Å². The van der Waals surface area contributed by atoms with E-state index in [1.807, 2.05) is 0 Å². The van der Waals surface area contributed by atoms with Gasteiger partial charge in [-0.05, 0) is 35.8 Å². The Morgan fingerprint density at radius 1 is 1.42 bits per heavy atom. The van der Waals surface area contributed by atoms with E-state index in [1.54, 1.807) is 12.1 Å². The summed E-state index contributed by atoms with van der Waals surface area (Å²) in [5, 5.41) is 20.5. The molecule has 2 N–H and O–H groups in total. The number of H-pyrrole nitrogens is 1. The molecule has 1 saturated carbocycles. The van der Waals surface area contributed by atoms with Gasteiger partial charge in [-0.2, -0.15) is 0 Å². The predicted octanol–water partition coefficient (Wildman–Crippen LogP) is -0.00780. The minimum Gasteiger partial charge on any atom is -0.479 e. The van der Waals surface area contributed by atoms with E-state index in [4.69, 9.17) is 0 Å². The number of aromatic nitrogens is 5. The van der Waals surface area contributed by atoms with Gasteiger partial charge in [-0.25, -0.2) is 9.48 Å². The highest BCUT2D eigenvalue weighted by Crippen LogP contribution is 2.40. The molecule has 0 bridgehead atoms. The first-order valence-electron chi connectivity index (χ1n) is 5.85. The van der Waals surface area contributed by atoms with Gasteiger partial charge in [-0.15, -0.1) is 5.10 Å². The number of tetrazole rings is 1. The molecule has 0 unspecified atom stereocenters. The van der Waals surface area contributed by atoms with Gasteiger partial charge >= 0.3 is 5.97 Å². The van der Waals surface area contributed by atoms with Gasteiger partial charge in [0.05, 0.1) is 5.69 Å². The molecule has 2 heterocycles. The van der Waals surface area contributed by atoms with Gasteiger partial charge in [0, 0.05) is 6.07 Å². The molecule has 2 aromatic heterocycles. The van der Waals surface area contributed by atoms with Crippen LogP contribution in [0.4, 0.5) is 0 Å². The lowest BCUT2D eigenvalue weighted by Gasteiger charge is -2.37. The van der Waals surface area contributed by atoms with Crippen molar-refractivity contribution in [1.29, 1.82) is 0 Å². The van der Waals surface area contributed by atoms with Crippen molar-refractivity contribution < 1.29 is 9.90 Å². The Morgan fingerprint density at radius 2 is 2.21 bits per heavy atom. The van der Waals surface area contributed by atoms with E-state index in [9.17, 15) is 14.7 Å². The zero-order chi connectivity index (χ0) is 13.5. The molecule has 1 aliphatic rings. The molecule has 98 valence electrons. The summed E-state index contributed by atoms with van der Waals surface area (Å²) in [6, 6.07) is 4.58. The molecule has 0 radical (unpaired) electrons. The number of pyridine rings is 1. The minimum atomic E-state index is -1.09. The van der Waals surface area contributed by atoms with Crippen LogP contribution in [-0.4, -0.2) is 36.3 Å². The second kappa shape index (κ2) is 4.01. The predicted molar refractivity (Wildman–Crippen MR) is 63.3 cm³/mol. The Morgan fingerprint density at radius 3 is 2.79 bits per heavy atom. The van der Waals surface area contributed by atoms with Gasteiger partial charge in [-0.3, -0.25) is 4.79 Å². The number of hydrogen-bond donors (Lipinski definition) is 2. The molecular weight excluding hydrogens is 250 g/mol. The summed E-state index contributed by atoms with van der Waals surface area (Å²) < 4.78 is 1.30. The van der Waals surface area contributed by atoms with Crippen molar-refractivity contribution in [3.05, 3.63) is 28.6 Å². The number of carboxylic acid groups (broad SMARTS) is 1. The second-order valence-electron chi connectivity index (χ2n) is 4.53. The normalized spacial score (nSPS) is 16.8. The van der Waals surface area contributed by atoms with Gasteiger partial charge in [0.15, 0.2) is 11.4 Å². The van der Waals surface area contributed by atoms with Crippen LogP contribution in [0.25, 0.3) is 11.5 Å². The Balaban J connectivity index is 2.13. The van der Waals surface area contributed by atoms with Crippen molar-refractivity contribution in [3.8, 4) is 11.5 Å².